The van der Waals surface area contributed by atoms with Gasteiger partial charge < -0.3 is 19.7 Å². The molecular weight excluding hydrogens is 238 g/mol. The standard InChI is InChI=1S/C10H15N5O3/c1-15-5-4-6(7(15)16)11-8-12-9(17-2)14-10(13-8)18-3/h6H,4-5H2,1-3H3,(H,11,12,13,14). The van der Waals surface area contributed by atoms with E-state index in [1.54, 1.807) is 11.9 Å². The highest BCUT2D eigenvalue weighted by Gasteiger charge is 2.29. The number of carbonyl (C=O) groups is 1. The quantitative estimate of drug-likeness (QED) is 0.775. The van der Waals surface area contributed by atoms with E-state index in [4.69, 9.17) is 9.47 Å². The molecule has 18 heavy (non-hydrogen) atoms. The molecule has 1 fully saturated rings. The molecule has 1 unspecified atom stereocenters. The number of likely N-dealkylation sites (N-methyl/N-ethyl adjacent to an activating group) is 1. The Balaban J connectivity index is 2.16. The number of amides is 1. The zero-order valence-electron chi connectivity index (χ0n) is 10.5. The number of anilines is 1. The van der Waals surface area contributed by atoms with E-state index in [1.807, 2.05) is 0 Å². The Morgan fingerprint density at radius 3 is 2.28 bits per heavy atom. The molecule has 1 aromatic rings. The summed E-state index contributed by atoms with van der Waals surface area (Å²) in [6, 6.07) is -0.0295. The molecule has 1 aromatic heterocycles. The zero-order valence-corrected chi connectivity index (χ0v) is 10.5. The van der Waals surface area contributed by atoms with Crippen molar-refractivity contribution in [2.24, 2.45) is 0 Å². The molecule has 8 nitrogen and oxygen atoms in total. The van der Waals surface area contributed by atoms with Crippen molar-refractivity contribution in [3.63, 3.8) is 0 Å². The fraction of sp³-hybridized carbons (Fsp3) is 0.600. The number of methoxy groups -OCH3 is 2. The van der Waals surface area contributed by atoms with Crippen LogP contribution in [0.2, 0.25) is 0 Å². The van der Waals surface area contributed by atoms with Gasteiger partial charge in [-0.05, 0) is 6.42 Å². The normalized spacial score (nSPS) is 18.9. The highest BCUT2D eigenvalue weighted by atomic mass is 16.5. The van der Waals surface area contributed by atoms with Gasteiger partial charge in [-0.15, -0.1) is 4.98 Å². The predicted molar refractivity (Wildman–Crippen MR) is 62.6 cm³/mol. The Bertz CT molecular complexity index is 431. The highest BCUT2D eigenvalue weighted by molar-refractivity contribution is 5.86. The van der Waals surface area contributed by atoms with E-state index < -0.39 is 0 Å². The van der Waals surface area contributed by atoms with Crippen molar-refractivity contribution in [3.8, 4) is 12.0 Å². The maximum atomic E-state index is 11.7. The van der Waals surface area contributed by atoms with E-state index in [0.29, 0.717) is 6.42 Å². The van der Waals surface area contributed by atoms with Crippen LogP contribution in [0.25, 0.3) is 0 Å². The van der Waals surface area contributed by atoms with E-state index in [9.17, 15) is 4.79 Å². The second-order valence-corrected chi connectivity index (χ2v) is 3.88. The van der Waals surface area contributed by atoms with Gasteiger partial charge in [-0.25, -0.2) is 0 Å². The third-order valence-electron chi connectivity index (χ3n) is 2.69. The van der Waals surface area contributed by atoms with Crippen molar-refractivity contribution in [2.75, 3.05) is 33.1 Å². The number of likely N-dealkylation sites (tertiary alicyclic amines) is 1. The molecule has 2 heterocycles. The number of aromatic nitrogens is 3. The van der Waals surface area contributed by atoms with Gasteiger partial charge in [0.2, 0.25) is 11.9 Å². The summed E-state index contributed by atoms with van der Waals surface area (Å²) in [5.41, 5.74) is 0. The van der Waals surface area contributed by atoms with Crippen LogP contribution in [0.3, 0.4) is 0 Å². The predicted octanol–water partition coefficient (Wildman–Crippen LogP) is -0.469. The lowest BCUT2D eigenvalue weighted by Crippen LogP contribution is -2.31. The molecule has 8 heteroatoms. The lowest BCUT2D eigenvalue weighted by atomic mass is 10.2. The average Bonchev–Trinajstić information content (AvgIpc) is 2.70. The summed E-state index contributed by atoms with van der Waals surface area (Å²) in [6.07, 6.45) is 0.714. The molecule has 2 rings (SSSR count). The molecule has 1 atom stereocenters. The molecule has 1 aliphatic rings. The molecule has 0 radical (unpaired) electrons. The molecule has 0 saturated carbocycles. The van der Waals surface area contributed by atoms with E-state index in [2.05, 4.69) is 20.3 Å². The molecule has 1 aliphatic heterocycles. The third-order valence-corrected chi connectivity index (χ3v) is 2.69. The van der Waals surface area contributed by atoms with Gasteiger partial charge in [-0.1, -0.05) is 0 Å². The van der Waals surface area contributed by atoms with Crippen LogP contribution in [-0.4, -0.2) is 59.6 Å². The van der Waals surface area contributed by atoms with Crippen molar-refractivity contribution in [2.45, 2.75) is 12.5 Å². The van der Waals surface area contributed by atoms with Crippen LogP contribution in [0.1, 0.15) is 6.42 Å². The third kappa shape index (κ3) is 2.41. The van der Waals surface area contributed by atoms with Crippen molar-refractivity contribution in [1.82, 2.24) is 19.9 Å². The number of hydrogen-bond acceptors (Lipinski definition) is 7. The van der Waals surface area contributed by atoms with Crippen LogP contribution in [0, 0.1) is 0 Å². The first-order chi connectivity index (χ1) is 8.63. The van der Waals surface area contributed by atoms with E-state index in [0.717, 1.165) is 6.54 Å². The van der Waals surface area contributed by atoms with Gasteiger partial charge in [0.25, 0.3) is 0 Å². The van der Waals surface area contributed by atoms with Gasteiger partial charge in [0, 0.05) is 13.6 Å². The van der Waals surface area contributed by atoms with E-state index >= 15 is 0 Å². The van der Waals surface area contributed by atoms with Crippen LogP contribution in [-0.2, 0) is 4.79 Å². The van der Waals surface area contributed by atoms with Crippen molar-refractivity contribution >= 4 is 11.9 Å². The van der Waals surface area contributed by atoms with Crippen molar-refractivity contribution < 1.29 is 14.3 Å². The van der Waals surface area contributed by atoms with Crippen LogP contribution in [0.15, 0.2) is 0 Å². The number of ether oxygens (including phenoxy) is 2. The highest BCUT2D eigenvalue weighted by Crippen LogP contribution is 2.16. The molecule has 1 saturated heterocycles. The molecule has 0 aromatic carbocycles. The lowest BCUT2D eigenvalue weighted by Gasteiger charge is -2.12. The second kappa shape index (κ2) is 5.03. The Labute approximate surface area is 104 Å². The van der Waals surface area contributed by atoms with Crippen LogP contribution in [0.5, 0.6) is 12.0 Å². The fourth-order valence-electron chi connectivity index (χ4n) is 1.70. The SMILES string of the molecule is COc1nc(NC2CCN(C)C2=O)nc(OC)n1. The molecule has 1 amide bonds. The topological polar surface area (TPSA) is 89.5 Å². The van der Waals surface area contributed by atoms with E-state index in [1.165, 1.54) is 14.2 Å². The lowest BCUT2D eigenvalue weighted by molar-refractivity contribution is -0.127. The minimum absolute atomic E-state index is 0.0216. The molecule has 98 valence electrons. The average molecular weight is 253 g/mol. The molecule has 0 bridgehead atoms. The Morgan fingerprint density at radius 2 is 1.83 bits per heavy atom. The van der Waals surface area contributed by atoms with Gasteiger partial charge in [0.1, 0.15) is 6.04 Å². The summed E-state index contributed by atoms with van der Waals surface area (Å²) in [5.74, 6) is 0.292. The largest absolute Gasteiger partial charge is 0.467 e. The first-order valence-electron chi connectivity index (χ1n) is 5.49. The van der Waals surface area contributed by atoms with Crippen LogP contribution < -0.4 is 14.8 Å². The summed E-state index contributed by atoms with van der Waals surface area (Å²) in [6.45, 7) is 0.718. The number of carbonyl (C=O) groups excluding carboxylic acids is 1. The summed E-state index contributed by atoms with van der Waals surface area (Å²) in [7, 11) is 4.67. The summed E-state index contributed by atoms with van der Waals surface area (Å²) < 4.78 is 9.86. The molecule has 1 N–H and O–H groups in total. The van der Waals surface area contributed by atoms with Gasteiger partial charge >= 0.3 is 12.0 Å². The summed E-state index contributed by atoms with van der Waals surface area (Å²) >= 11 is 0. The monoisotopic (exact) mass is 253 g/mol. The summed E-state index contributed by atoms with van der Waals surface area (Å²) in [4.78, 5) is 25.3. The summed E-state index contributed by atoms with van der Waals surface area (Å²) in [5, 5.41) is 2.96. The first-order valence-corrected chi connectivity index (χ1v) is 5.49. The Morgan fingerprint density at radius 1 is 1.22 bits per heavy atom. The smallest absolute Gasteiger partial charge is 0.324 e. The van der Waals surface area contributed by atoms with Crippen LogP contribution >= 0.6 is 0 Å². The molecular formula is C10H15N5O3. The minimum atomic E-state index is -0.313. The number of nitrogens with one attached hydrogen (secondary N) is 1. The zero-order chi connectivity index (χ0) is 13.1. The maximum Gasteiger partial charge on any atom is 0.324 e. The van der Waals surface area contributed by atoms with Crippen molar-refractivity contribution in [1.29, 1.82) is 0 Å². The van der Waals surface area contributed by atoms with Gasteiger partial charge in [0.05, 0.1) is 14.2 Å². The van der Waals surface area contributed by atoms with Crippen LogP contribution in [0.4, 0.5) is 5.95 Å². The first kappa shape index (κ1) is 12.3. The Hall–Kier alpha value is -2.12. The molecule has 0 spiro atoms. The minimum Gasteiger partial charge on any atom is -0.467 e. The van der Waals surface area contributed by atoms with E-state index in [-0.39, 0.29) is 29.9 Å². The maximum absolute atomic E-state index is 11.7. The fourth-order valence-corrected chi connectivity index (χ4v) is 1.70. The number of nitrogens with zero attached hydrogens (tertiary/aromatic N) is 4. The van der Waals surface area contributed by atoms with Gasteiger partial charge in [-0.3, -0.25) is 4.79 Å². The van der Waals surface area contributed by atoms with Gasteiger partial charge in [0.15, 0.2) is 0 Å². The molecule has 0 aliphatic carbocycles. The number of hydrogen-bond donors (Lipinski definition) is 1. The number of rotatable bonds is 4. The second-order valence-electron chi connectivity index (χ2n) is 3.88. The Kier molecular flexibility index (Phi) is 3.45. The van der Waals surface area contributed by atoms with Gasteiger partial charge in [-0.2, -0.15) is 9.97 Å². The van der Waals surface area contributed by atoms with Crippen molar-refractivity contribution in [3.05, 3.63) is 0 Å².